The van der Waals surface area contributed by atoms with Crippen molar-refractivity contribution in [2.75, 3.05) is 38.2 Å². The molecule has 8 nitrogen and oxygen atoms in total. The van der Waals surface area contributed by atoms with Gasteiger partial charge in [0.2, 0.25) is 0 Å². The number of aromatic nitrogens is 2. The van der Waals surface area contributed by atoms with Gasteiger partial charge in [0.25, 0.3) is 5.91 Å². The molecule has 2 atom stereocenters. The molecule has 2 aliphatic rings. The molecule has 0 aliphatic carbocycles. The van der Waals surface area contributed by atoms with Crippen molar-refractivity contribution in [3.8, 4) is 0 Å². The molecule has 29 heavy (non-hydrogen) atoms. The summed E-state index contributed by atoms with van der Waals surface area (Å²) < 4.78 is 5.34. The second-order valence-electron chi connectivity index (χ2n) is 7.61. The van der Waals surface area contributed by atoms with Gasteiger partial charge in [-0.25, -0.2) is 9.97 Å². The Bertz CT molecular complexity index is 841. The number of carbonyl (C=O) groups is 1. The van der Waals surface area contributed by atoms with Crippen LogP contribution in [0.15, 0.2) is 36.7 Å². The van der Waals surface area contributed by atoms with Gasteiger partial charge < -0.3 is 20.5 Å². The van der Waals surface area contributed by atoms with Crippen LogP contribution in [0.5, 0.6) is 0 Å². The van der Waals surface area contributed by atoms with Gasteiger partial charge in [0, 0.05) is 38.9 Å². The molecule has 1 fully saturated rings. The second-order valence-corrected chi connectivity index (χ2v) is 7.61. The topological polar surface area (TPSA) is 99.6 Å². The van der Waals surface area contributed by atoms with E-state index in [2.05, 4.69) is 43.7 Å². The highest BCUT2D eigenvalue weighted by Gasteiger charge is 2.20. The fourth-order valence-electron chi connectivity index (χ4n) is 3.79. The first-order valence-electron chi connectivity index (χ1n) is 10.1. The number of nitrogens with zero attached hydrogens (tertiary/aromatic N) is 3. The van der Waals surface area contributed by atoms with Crippen molar-refractivity contribution in [2.45, 2.75) is 31.5 Å². The number of anilines is 1. The van der Waals surface area contributed by atoms with E-state index in [1.165, 1.54) is 17.5 Å². The molecule has 4 rings (SSSR count). The molecule has 0 saturated carbocycles. The lowest BCUT2D eigenvalue weighted by molar-refractivity contribution is 0.0838. The van der Waals surface area contributed by atoms with Crippen molar-refractivity contribution in [1.29, 1.82) is 0 Å². The van der Waals surface area contributed by atoms with Crippen LogP contribution in [0, 0.1) is 0 Å². The van der Waals surface area contributed by atoms with Gasteiger partial charge >= 0.3 is 0 Å². The Morgan fingerprint density at radius 3 is 3.00 bits per heavy atom. The number of amides is 1. The van der Waals surface area contributed by atoms with E-state index in [1.807, 2.05) is 6.07 Å². The summed E-state index contributed by atoms with van der Waals surface area (Å²) in [5.74, 6) is 0.286. The Labute approximate surface area is 170 Å². The molecule has 154 valence electrons. The van der Waals surface area contributed by atoms with Crippen molar-refractivity contribution in [1.82, 2.24) is 20.2 Å². The third-order valence-corrected chi connectivity index (χ3v) is 5.36. The summed E-state index contributed by atoms with van der Waals surface area (Å²) >= 11 is 0. The normalized spacial score (nSPS) is 20.1. The lowest BCUT2D eigenvalue weighted by Crippen LogP contribution is -2.42. The van der Waals surface area contributed by atoms with Crippen LogP contribution in [0.1, 0.15) is 28.0 Å². The van der Waals surface area contributed by atoms with Gasteiger partial charge in [-0.15, -0.1) is 0 Å². The number of hydrogen-bond donors (Lipinski definition) is 3. The molecule has 1 amide bonds. The number of aliphatic hydroxyl groups excluding tert-OH is 1. The first-order chi connectivity index (χ1) is 14.2. The summed E-state index contributed by atoms with van der Waals surface area (Å²) in [5, 5.41) is 16.4. The molecule has 1 aromatic heterocycles. The predicted octanol–water partition coefficient (Wildman–Crippen LogP) is 0.826. The molecule has 3 N–H and O–H groups in total. The lowest BCUT2D eigenvalue weighted by atomic mass is 10.00. The van der Waals surface area contributed by atoms with Crippen LogP contribution in [0.25, 0.3) is 0 Å². The number of rotatable bonds is 7. The molecule has 2 aliphatic heterocycles. The third kappa shape index (κ3) is 5.29. The zero-order valence-corrected chi connectivity index (χ0v) is 16.4. The monoisotopic (exact) mass is 397 g/mol. The first kappa shape index (κ1) is 19.8. The lowest BCUT2D eigenvalue weighted by Gasteiger charge is -2.30. The van der Waals surface area contributed by atoms with Crippen LogP contribution < -0.4 is 10.6 Å². The average molecular weight is 397 g/mol. The van der Waals surface area contributed by atoms with E-state index in [9.17, 15) is 9.90 Å². The molecule has 0 spiro atoms. The number of ether oxygens (including phenoxy) is 1. The Kier molecular flexibility index (Phi) is 6.33. The minimum Gasteiger partial charge on any atom is -0.390 e. The van der Waals surface area contributed by atoms with Crippen molar-refractivity contribution in [2.24, 2.45) is 0 Å². The maximum absolute atomic E-state index is 12.4. The van der Waals surface area contributed by atoms with Gasteiger partial charge in [-0.05, 0) is 24.0 Å². The van der Waals surface area contributed by atoms with Crippen molar-refractivity contribution in [3.05, 3.63) is 53.5 Å². The summed E-state index contributed by atoms with van der Waals surface area (Å²) in [5.41, 5.74) is 2.97. The molecular weight excluding hydrogens is 370 g/mol. The molecular formula is C21H27N5O3. The fraction of sp³-hybridized carbons (Fsp3) is 0.476. The van der Waals surface area contributed by atoms with E-state index in [0.717, 1.165) is 32.5 Å². The number of hydrogen-bond acceptors (Lipinski definition) is 7. The Morgan fingerprint density at radius 1 is 1.31 bits per heavy atom. The summed E-state index contributed by atoms with van der Waals surface area (Å²) in [6.45, 7) is 3.81. The molecule has 1 aromatic carbocycles. The minimum absolute atomic E-state index is 0.181. The van der Waals surface area contributed by atoms with Crippen LogP contribution in [-0.2, 0) is 17.7 Å². The van der Waals surface area contributed by atoms with Gasteiger partial charge in [0.15, 0.2) is 0 Å². The minimum atomic E-state index is -0.640. The SMILES string of the molecule is O=C(NCC(O)CN1CCc2ccccc2C1)c1cc(N[C@H]2CCOC2)ncn1. The largest absolute Gasteiger partial charge is 0.390 e. The molecule has 1 saturated heterocycles. The van der Waals surface area contributed by atoms with Gasteiger partial charge in [0.1, 0.15) is 17.8 Å². The summed E-state index contributed by atoms with van der Waals surface area (Å²) in [6, 6.07) is 10.2. The highest BCUT2D eigenvalue weighted by Crippen LogP contribution is 2.18. The first-order valence-corrected chi connectivity index (χ1v) is 10.1. The molecule has 0 radical (unpaired) electrons. The van der Waals surface area contributed by atoms with Crippen LogP contribution >= 0.6 is 0 Å². The van der Waals surface area contributed by atoms with Crippen molar-refractivity contribution in [3.63, 3.8) is 0 Å². The van der Waals surface area contributed by atoms with Crippen LogP contribution in [0.3, 0.4) is 0 Å². The Hall–Kier alpha value is -2.55. The molecule has 0 bridgehead atoms. The highest BCUT2D eigenvalue weighted by atomic mass is 16.5. The summed E-state index contributed by atoms with van der Waals surface area (Å²) in [4.78, 5) is 22.8. The smallest absolute Gasteiger partial charge is 0.270 e. The van der Waals surface area contributed by atoms with Gasteiger partial charge in [0.05, 0.1) is 18.8 Å². The number of nitrogens with one attached hydrogen (secondary N) is 2. The zero-order chi connectivity index (χ0) is 20.1. The van der Waals surface area contributed by atoms with E-state index in [-0.39, 0.29) is 24.2 Å². The Balaban J connectivity index is 1.25. The van der Waals surface area contributed by atoms with Gasteiger partial charge in [-0.1, -0.05) is 24.3 Å². The molecule has 8 heteroatoms. The standard InChI is InChI=1S/C21H27N5O3/c27-18(12-26-7-5-15-3-1-2-4-16(15)11-26)10-22-21(28)19-9-20(24-14-23-19)25-17-6-8-29-13-17/h1-4,9,14,17-18,27H,5-8,10-13H2,(H,22,28)(H,23,24,25)/t17-,18?/m0/s1. The zero-order valence-electron chi connectivity index (χ0n) is 16.4. The maximum atomic E-state index is 12.4. The maximum Gasteiger partial charge on any atom is 0.270 e. The van der Waals surface area contributed by atoms with E-state index < -0.39 is 6.10 Å². The number of carbonyl (C=O) groups excluding carboxylic acids is 1. The van der Waals surface area contributed by atoms with E-state index >= 15 is 0 Å². The van der Waals surface area contributed by atoms with E-state index in [4.69, 9.17) is 4.74 Å². The van der Waals surface area contributed by atoms with Crippen LogP contribution in [0.2, 0.25) is 0 Å². The number of benzene rings is 1. The van der Waals surface area contributed by atoms with E-state index in [0.29, 0.717) is 19.0 Å². The van der Waals surface area contributed by atoms with Crippen molar-refractivity contribution < 1.29 is 14.6 Å². The number of fused-ring (bicyclic) bond motifs is 1. The third-order valence-electron chi connectivity index (χ3n) is 5.36. The average Bonchev–Trinajstić information content (AvgIpc) is 3.25. The van der Waals surface area contributed by atoms with Crippen molar-refractivity contribution >= 4 is 11.7 Å². The molecule has 3 heterocycles. The fourth-order valence-corrected chi connectivity index (χ4v) is 3.79. The summed E-state index contributed by atoms with van der Waals surface area (Å²) in [7, 11) is 0. The quantitative estimate of drug-likeness (QED) is 0.636. The van der Waals surface area contributed by atoms with Gasteiger partial charge in [-0.3, -0.25) is 9.69 Å². The molecule has 2 aromatic rings. The Morgan fingerprint density at radius 2 is 2.17 bits per heavy atom. The van der Waals surface area contributed by atoms with Crippen LogP contribution in [0.4, 0.5) is 5.82 Å². The van der Waals surface area contributed by atoms with E-state index in [1.54, 1.807) is 6.07 Å². The number of aliphatic hydroxyl groups is 1. The number of β-amino-alcohol motifs (C(OH)–C–C–N with tert-alkyl or cyclic N) is 1. The van der Waals surface area contributed by atoms with Gasteiger partial charge in [-0.2, -0.15) is 0 Å². The molecule has 1 unspecified atom stereocenters. The predicted molar refractivity (Wildman–Crippen MR) is 109 cm³/mol. The highest BCUT2D eigenvalue weighted by molar-refractivity contribution is 5.92. The second kappa shape index (κ2) is 9.30. The van der Waals surface area contributed by atoms with Crippen LogP contribution in [-0.4, -0.2) is 70.9 Å². The summed E-state index contributed by atoms with van der Waals surface area (Å²) in [6.07, 6.45) is 2.63.